The van der Waals surface area contributed by atoms with Crippen LogP contribution < -0.4 is 0 Å². The average molecular weight is 779 g/mol. The lowest BCUT2D eigenvalue weighted by atomic mass is 10.0. The third-order valence-corrected chi connectivity index (χ3v) is 11.0. The standard InChI is InChI=1S/C49H94O6/c1-5-7-9-11-12-13-14-15-16-17-20-24-27-30-34-38-42-49(52)55-46(43-53-47(50)40-36-31-10-8-6-2)44-54-48(51)41-37-33-29-26-23-21-18-19-22-25-28-32-35-39-45(3)4/h45-46H,5-44H2,1-4H3/t46-/m1/s1. The van der Waals surface area contributed by atoms with Crippen LogP contribution in [0.2, 0.25) is 0 Å². The molecule has 0 rings (SSSR count). The SMILES string of the molecule is CCCCCCCCCCCCCCCCCCC(=O)O[C@H](COC(=O)CCCCCCC)COC(=O)CCCCCCCCCCCCCCCC(C)C. The van der Waals surface area contributed by atoms with E-state index < -0.39 is 6.10 Å². The van der Waals surface area contributed by atoms with Crippen LogP contribution >= 0.6 is 0 Å². The molecule has 0 aliphatic rings. The first-order valence-corrected chi connectivity index (χ1v) is 24.4. The average Bonchev–Trinajstić information content (AvgIpc) is 3.17. The number of carbonyl (C=O) groups excluding carboxylic acids is 3. The zero-order valence-corrected chi connectivity index (χ0v) is 37.4. The second kappa shape index (κ2) is 43.5. The first kappa shape index (κ1) is 53.4. The van der Waals surface area contributed by atoms with E-state index in [-0.39, 0.29) is 31.1 Å². The molecule has 0 bridgehead atoms. The van der Waals surface area contributed by atoms with Crippen molar-refractivity contribution in [3.05, 3.63) is 0 Å². The fourth-order valence-electron chi connectivity index (χ4n) is 7.33. The fourth-order valence-corrected chi connectivity index (χ4v) is 7.33. The number of ether oxygens (including phenoxy) is 3. The molecule has 6 heteroatoms. The second-order valence-electron chi connectivity index (χ2n) is 17.2. The zero-order chi connectivity index (χ0) is 40.3. The molecular weight excluding hydrogens is 685 g/mol. The van der Waals surface area contributed by atoms with Crippen molar-refractivity contribution in [1.29, 1.82) is 0 Å². The van der Waals surface area contributed by atoms with Crippen LogP contribution in [0.25, 0.3) is 0 Å². The Labute approximate surface area is 342 Å². The molecular formula is C49H94O6. The topological polar surface area (TPSA) is 78.9 Å². The first-order chi connectivity index (χ1) is 26.9. The van der Waals surface area contributed by atoms with Crippen LogP contribution in [0.5, 0.6) is 0 Å². The maximum absolute atomic E-state index is 12.7. The highest BCUT2D eigenvalue weighted by Gasteiger charge is 2.19. The third-order valence-electron chi connectivity index (χ3n) is 11.0. The predicted octanol–water partition coefficient (Wildman–Crippen LogP) is 15.5. The molecule has 0 amide bonds. The van der Waals surface area contributed by atoms with Crippen LogP contribution in [-0.2, 0) is 28.6 Å². The minimum absolute atomic E-state index is 0.0642. The Kier molecular flexibility index (Phi) is 42.3. The van der Waals surface area contributed by atoms with Crippen LogP contribution in [0, 0.1) is 5.92 Å². The van der Waals surface area contributed by atoms with Crippen molar-refractivity contribution in [3.8, 4) is 0 Å². The lowest BCUT2D eigenvalue weighted by molar-refractivity contribution is -0.167. The van der Waals surface area contributed by atoms with E-state index in [4.69, 9.17) is 14.2 Å². The summed E-state index contributed by atoms with van der Waals surface area (Å²) in [4.78, 5) is 37.6. The Morgan fingerprint density at radius 2 is 0.600 bits per heavy atom. The van der Waals surface area contributed by atoms with Crippen molar-refractivity contribution < 1.29 is 28.6 Å². The molecule has 0 aliphatic carbocycles. The summed E-state index contributed by atoms with van der Waals surface area (Å²) in [5, 5.41) is 0. The number of hydrogen-bond acceptors (Lipinski definition) is 6. The van der Waals surface area contributed by atoms with Crippen LogP contribution in [0.4, 0.5) is 0 Å². The van der Waals surface area contributed by atoms with E-state index in [1.165, 1.54) is 161 Å². The maximum atomic E-state index is 12.7. The lowest BCUT2D eigenvalue weighted by Gasteiger charge is -2.18. The van der Waals surface area contributed by atoms with Gasteiger partial charge in [0.25, 0.3) is 0 Å². The van der Waals surface area contributed by atoms with E-state index in [1.54, 1.807) is 0 Å². The van der Waals surface area contributed by atoms with Gasteiger partial charge in [-0.05, 0) is 25.2 Å². The molecule has 326 valence electrons. The molecule has 0 radical (unpaired) electrons. The number of rotatable bonds is 44. The molecule has 0 aliphatic heterocycles. The lowest BCUT2D eigenvalue weighted by Crippen LogP contribution is -2.30. The molecule has 0 heterocycles. The maximum Gasteiger partial charge on any atom is 0.306 e. The summed E-state index contributed by atoms with van der Waals surface area (Å²) >= 11 is 0. The van der Waals surface area contributed by atoms with Gasteiger partial charge in [0.05, 0.1) is 0 Å². The molecule has 0 N–H and O–H groups in total. The molecule has 0 aromatic rings. The second-order valence-corrected chi connectivity index (χ2v) is 17.2. The number of carbonyl (C=O) groups is 3. The van der Waals surface area contributed by atoms with E-state index in [2.05, 4.69) is 27.7 Å². The fraction of sp³-hybridized carbons (Fsp3) is 0.939. The molecule has 0 aromatic carbocycles. The molecule has 1 atom stereocenters. The Hall–Kier alpha value is -1.59. The van der Waals surface area contributed by atoms with Gasteiger partial charge in [0.1, 0.15) is 13.2 Å². The molecule has 0 saturated heterocycles. The molecule has 55 heavy (non-hydrogen) atoms. The molecule has 0 unspecified atom stereocenters. The molecule has 0 aromatic heterocycles. The van der Waals surface area contributed by atoms with Gasteiger partial charge in [0.2, 0.25) is 0 Å². The summed E-state index contributed by atoms with van der Waals surface area (Å²) in [7, 11) is 0. The van der Waals surface area contributed by atoms with Crippen molar-refractivity contribution in [1.82, 2.24) is 0 Å². The Balaban J connectivity index is 4.14. The van der Waals surface area contributed by atoms with E-state index in [0.717, 1.165) is 70.1 Å². The summed E-state index contributed by atoms with van der Waals surface area (Å²) < 4.78 is 16.7. The van der Waals surface area contributed by atoms with Crippen molar-refractivity contribution in [2.45, 2.75) is 278 Å². The van der Waals surface area contributed by atoms with Crippen molar-refractivity contribution >= 4 is 17.9 Å². The predicted molar refractivity (Wildman–Crippen MR) is 233 cm³/mol. The molecule has 0 fully saturated rings. The highest BCUT2D eigenvalue weighted by molar-refractivity contribution is 5.71. The molecule has 6 nitrogen and oxygen atoms in total. The van der Waals surface area contributed by atoms with Gasteiger partial charge in [-0.3, -0.25) is 14.4 Å². The monoisotopic (exact) mass is 779 g/mol. The number of hydrogen-bond donors (Lipinski definition) is 0. The minimum Gasteiger partial charge on any atom is -0.462 e. The summed E-state index contributed by atoms with van der Waals surface area (Å²) in [5.41, 5.74) is 0. The van der Waals surface area contributed by atoms with E-state index in [9.17, 15) is 14.4 Å². The summed E-state index contributed by atoms with van der Waals surface area (Å²) in [6.07, 6.45) is 44.0. The van der Waals surface area contributed by atoms with E-state index in [1.807, 2.05) is 0 Å². The Bertz CT molecular complexity index is 826. The van der Waals surface area contributed by atoms with Gasteiger partial charge in [-0.25, -0.2) is 0 Å². The number of unbranched alkanes of at least 4 members (excludes halogenated alkanes) is 31. The van der Waals surface area contributed by atoms with Crippen LogP contribution in [0.3, 0.4) is 0 Å². The molecule has 0 saturated carbocycles. The van der Waals surface area contributed by atoms with Gasteiger partial charge >= 0.3 is 17.9 Å². The van der Waals surface area contributed by atoms with Crippen LogP contribution in [0.1, 0.15) is 272 Å². The van der Waals surface area contributed by atoms with Crippen molar-refractivity contribution in [2.75, 3.05) is 13.2 Å². The summed E-state index contributed by atoms with van der Waals surface area (Å²) in [6, 6.07) is 0. The normalized spacial score (nSPS) is 11.9. The Morgan fingerprint density at radius 3 is 0.891 bits per heavy atom. The first-order valence-electron chi connectivity index (χ1n) is 24.4. The highest BCUT2D eigenvalue weighted by atomic mass is 16.6. The quantitative estimate of drug-likeness (QED) is 0.0348. The number of esters is 3. The third kappa shape index (κ3) is 43.4. The largest absolute Gasteiger partial charge is 0.462 e. The summed E-state index contributed by atoms with van der Waals surface area (Å²) in [6.45, 7) is 8.94. The van der Waals surface area contributed by atoms with Gasteiger partial charge in [-0.1, -0.05) is 233 Å². The van der Waals surface area contributed by atoms with E-state index in [0.29, 0.717) is 19.3 Å². The van der Waals surface area contributed by atoms with Gasteiger partial charge in [0, 0.05) is 19.3 Å². The van der Waals surface area contributed by atoms with Crippen molar-refractivity contribution in [3.63, 3.8) is 0 Å². The van der Waals surface area contributed by atoms with Crippen LogP contribution in [0.15, 0.2) is 0 Å². The van der Waals surface area contributed by atoms with Crippen LogP contribution in [-0.4, -0.2) is 37.2 Å². The molecule has 0 spiro atoms. The zero-order valence-electron chi connectivity index (χ0n) is 37.4. The van der Waals surface area contributed by atoms with E-state index >= 15 is 0 Å². The minimum atomic E-state index is -0.758. The van der Waals surface area contributed by atoms with Gasteiger partial charge < -0.3 is 14.2 Å². The van der Waals surface area contributed by atoms with Crippen molar-refractivity contribution in [2.24, 2.45) is 5.92 Å². The Morgan fingerprint density at radius 1 is 0.345 bits per heavy atom. The highest BCUT2D eigenvalue weighted by Crippen LogP contribution is 2.17. The van der Waals surface area contributed by atoms with Gasteiger partial charge in [-0.2, -0.15) is 0 Å². The summed E-state index contributed by atoms with van der Waals surface area (Å²) in [5.74, 6) is -0.0230. The smallest absolute Gasteiger partial charge is 0.306 e. The van der Waals surface area contributed by atoms with Gasteiger partial charge in [0.15, 0.2) is 6.10 Å². The van der Waals surface area contributed by atoms with Gasteiger partial charge in [-0.15, -0.1) is 0 Å².